The monoisotopic (exact) mass is 336 g/mol. The minimum Gasteiger partial charge on any atom is -0.481 e. The summed E-state index contributed by atoms with van der Waals surface area (Å²) in [5.74, 6) is 1.43. The molecule has 4 nitrogen and oxygen atoms in total. The molecule has 2 fully saturated rings. The van der Waals surface area contributed by atoms with Crippen LogP contribution in [0.4, 0.5) is 0 Å². The maximum Gasteiger partial charge on any atom is 0.263 e. The molecule has 3 rings (SSSR count). The van der Waals surface area contributed by atoms with Gasteiger partial charge in [0.05, 0.1) is 0 Å². The second kappa shape index (κ2) is 7.54. The summed E-state index contributed by atoms with van der Waals surface area (Å²) in [5.41, 5.74) is 0. The van der Waals surface area contributed by atoms with Gasteiger partial charge in [-0.2, -0.15) is 0 Å². The van der Waals surface area contributed by atoms with Crippen molar-refractivity contribution in [3.8, 4) is 5.75 Å². The fraction of sp³-hybridized carbons (Fsp3) is 0.611. The van der Waals surface area contributed by atoms with Crippen LogP contribution < -0.4 is 10.1 Å². The van der Waals surface area contributed by atoms with Crippen LogP contribution in [0.3, 0.4) is 0 Å². The van der Waals surface area contributed by atoms with E-state index in [-0.39, 0.29) is 5.91 Å². The third kappa shape index (κ3) is 4.18. The van der Waals surface area contributed by atoms with Gasteiger partial charge in [0, 0.05) is 24.2 Å². The quantitative estimate of drug-likeness (QED) is 0.918. The minimum atomic E-state index is -0.477. The number of nitrogens with one attached hydrogen (secondary N) is 1. The van der Waals surface area contributed by atoms with Gasteiger partial charge in [0.2, 0.25) is 0 Å². The van der Waals surface area contributed by atoms with Crippen molar-refractivity contribution in [1.29, 1.82) is 0 Å². The first-order chi connectivity index (χ1) is 11.1. The average molecular weight is 337 g/mol. The number of rotatable bonds is 4. The summed E-state index contributed by atoms with van der Waals surface area (Å²) in [6.45, 7) is 4.64. The molecule has 2 saturated heterocycles. The lowest BCUT2D eigenvalue weighted by Crippen LogP contribution is -2.47. The SMILES string of the molecule is CC(Oc1cccc(Cl)c1)C(=O)N1CCC(C2CCCN2)CC1. The van der Waals surface area contributed by atoms with E-state index < -0.39 is 6.10 Å². The summed E-state index contributed by atoms with van der Waals surface area (Å²) in [7, 11) is 0. The molecule has 2 aliphatic heterocycles. The number of hydrogen-bond donors (Lipinski definition) is 1. The number of hydrogen-bond acceptors (Lipinski definition) is 3. The molecule has 1 N–H and O–H groups in total. The summed E-state index contributed by atoms with van der Waals surface area (Å²) >= 11 is 5.95. The van der Waals surface area contributed by atoms with Crippen molar-refractivity contribution in [1.82, 2.24) is 10.2 Å². The van der Waals surface area contributed by atoms with E-state index in [9.17, 15) is 4.79 Å². The van der Waals surface area contributed by atoms with E-state index in [4.69, 9.17) is 16.3 Å². The highest BCUT2D eigenvalue weighted by Gasteiger charge is 2.31. The van der Waals surface area contributed by atoms with Crippen LogP contribution in [0, 0.1) is 5.92 Å². The first-order valence-corrected chi connectivity index (χ1v) is 8.95. The number of likely N-dealkylation sites (tertiary alicyclic amines) is 1. The number of piperidine rings is 1. The summed E-state index contributed by atoms with van der Waals surface area (Å²) in [6.07, 6.45) is 4.27. The Kier molecular flexibility index (Phi) is 5.44. The van der Waals surface area contributed by atoms with Crippen molar-refractivity contribution in [3.63, 3.8) is 0 Å². The van der Waals surface area contributed by atoms with Gasteiger partial charge in [-0.1, -0.05) is 17.7 Å². The molecule has 2 heterocycles. The highest BCUT2D eigenvalue weighted by atomic mass is 35.5. The highest BCUT2D eigenvalue weighted by molar-refractivity contribution is 6.30. The van der Waals surface area contributed by atoms with Crippen molar-refractivity contribution in [3.05, 3.63) is 29.3 Å². The molecule has 2 atom stereocenters. The van der Waals surface area contributed by atoms with Crippen LogP contribution in [0.15, 0.2) is 24.3 Å². The predicted octanol–water partition coefficient (Wildman–Crippen LogP) is 3.10. The Hall–Kier alpha value is -1.26. The first-order valence-electron chi connectivity index (χ1n) is 8.58. The lowest BCUT2D eigenvalue weighted by molar-refractivity contribution is -0.139. The lowest BCUT2D eigenvalue weighted by atomic mass is 9.88. The second-order valence-corrected chi connectivity index (χ2v) is 7.02. The van der Waals surface area contributed by atoms with Gasteiger partial charge < -0.3 is 15.0 Å². The first kappa shape index (κ1) is 16.6. The zero-order valence-corrected chi connectivity index (χ0v) is 14.4. The third-order valence-electron chi connectivity index (χ3n) is 4.98. The van der Waals surface area contributed by atoms with Crippen molar-refractivity contribution in [2.45, 2.75) is 44.8 Å². The molecule has 1 aromatic rings. The van der Waals surface area contributed by atoms with E-state index in [1.165, 1.54) is 12.8 Å². The van der Waals surface area contributed by atoms with Gasteiger partial charge >= 0.3 is 0 Å². The Morgan fingerprint density at radius 2 is 2.13 bits per heavy atom. The van der Waals surface area contributed by atoms with Crippen LogP contribution in [0.5, 0.6) is 5.75 Å². The van der Waals surface area contributed by atoms with E-state index >= 15 is 0 Å². The second-order valence-electron chi connectivity index (χ2n) is 6.58. The summed E-state index contributed by atoms with van der Waals surface area (Å²) < 4.78 is 5.75. The largest absolute Gasteiger partial charge is 0.481 e. The lowest BCUT2D eigenvalue weighted by Gasteiger charge is -2.36. The predicted molar refractivity (Wildman–Crippen MR) is 91.9 cm³/mol. The van der Waals surface area contributed by atoms with Crippen molar-refractivity contribution in [2.75, 3.05) is 19.6 Å². The van der Waals surface area contributed by atoms with Crippen LogP contribution in [0.25, 0.3) is 0 Å². The van der Waals surface area contributed by atoms with Crippen molar-refractivity contribution < 1.29 is 9.53 Å². The van der Waals surface area contributed by atoms with Crippen molar-refractivity contribution >= 4 is 17.5 Å². The van der Waals surface area contributed by atoms with Gasteiger partial charge in [-0.05, 0) is 63.3 Å². The minimum absolute atomic E-state index is 0.0720. The molecule has 126 valence electrons. The van der Waals surface area contributed by atoms with Crippen LogP contribution in [-0.4, -0.2) is 42.6 Å². The fourth-order valence-corrected chi connectivity index (χ4v) is 3.87. The molecule has 2 aliphatic rings. The normalized spacial score (nSPS) is 23.7. The molecular formula is C18H25ClN2O2. The van der Waals surface area contributed by atoms with Gasteiger partial charge in [-0.25, -0.2) is 0 Å². The Balaban J connectivity index is 1.50. The molecular weight excluding hydrogens is 312 g/mol. The topological polar surface area (TPSA) is 41.6 Å². The molecule has 2 unspecified atom stereocenters. The van der Waals surface area contributed by atoms with E-state index in [0.29, 0.717) is 22.7 Å². The molecule has 5 heteroatoms. The van der Waals surface area contributed by atoms with E-state index in [2.05, 4.69) is 5.32 Å². The van der Waals surface area contributed by atoms with E-state index in [1.54, 1.807) is 12.1 Å². The number of halogens is 1. The zero-order chi connectivity index (χ0) is 16.2. The Morgan fingerprint density at radius 1 is 1.35 bits per heavy atom. The molecule has 0 spiro atoms. The van der Waals surface area contributed by atoms with Gasteiger partial charge in [0.25, 0.3) is 5.91 Å². The highest BCUT2D eigenvalue weighted by Crippen LogP contribution is 2.26. The third-order valence-corrected chi connectivity index (χ3v) is 5.21. The smallest absolute Gasteiger partial charge is 0.263 e. The van der Waals surface area contributed by atoms with Gasteiger partial charge in [-0.3, -0.25) is 4.79 Å². The Bertz CT molecular complexity index is 538. The summed E-state index contributed by atoms with van der Waals surface area (Å²) in [4.78, 5) is 14.5. The zero-order valence-electron chi connectivity index (χ0n) is 13.6. The van der Waals surface area contributed by atoms with Gasteiger partial charge in [0.15, 0.2) is 6.10 Å². The number of ether oxygens (including phenoxy) is 1. The number of benzene rings is 1. The van der Waals surface area contributed by atoms with Crippen LogP contribution in [-0.2, 0) is 4.79 Å². The average Bonchev–Trinajstić information content (AvgIpc) is 3.09. The van der Waals surface area contributed by atoms with Crippen LogP contribution in [0.2, 0.25) is 5.02 Å². The maximum absolute atomic E-state index is 12.6. The molecule has 23 heavy (non-hydrogen) atoms. The van der Waals surface area contributed by atoms with Crippen molar-refractivity contribution in [2.24, 2.45) is 5.92 Å². The molecule has 0 saturated carbocycles. The van der Waals surface area contributed by atoms with Crippen LogP contribution in [0.1, 0.15) is 32.6 Å². The maximum atomic E-state index is 12.6. The molecule has 0 aliphatic carbocycles. The molecule has 1 aromatic carbocycles. The number of carbonyl (C=O) groups is 1. The summed E-state index contributed by atoms with van der Waals surface area (Å²) in [6, 6.07) is 7.85. The molecule has 1 amide bonds. The number of nitrogens with zero attached hydrogens (tertiary/aromatic N) is 1. The summed E-state index contributed by atoms with van der Waals surface area (Å²) in [5, 5.41) is 4.21. The molecule has 0 radical (unpaired) electrons. The number of amides is 1. The number of carbonyl (C=O) groups excluding carboxylic acids is 1. The Morgan fingerprint density at radius 3 is 2.78 bits per heavy atom. The van der Waals surface area contributed by atoms with Crippen LogP contribution >= 0.6 is 11.6 Å². The van der Waals surface area contributed by atoms with E-state index in [1.807, 2.05) is 24.0 Å². The van der Waals surface area contributed by atoms with Gasteiger partial charge in [-0.15, -0.1) is 0 Å². The fourth-order valence-electron chi connectivity index (χ4n) is 3.69. The van der Waals surface area contributed by atoms with Gasteiger partial charge in [0.1, 0.15) is 5.75 Å². The van der Waals surface area contributed by atoms with E-state index in [0.717, 1.165) is 32.5 Å². The molecule has 0 aromatic heterocycles. The Labute approximate surface area is 143 Å². The molecule has 0 bridgehead atoms. The standard InChI is InChI=1S/C18H25ClN2O2/c1-13(23-16-5-2-4-15(19)12-16)18(22)21-10-7-14(8-11-21)17-6-3-9-20-17/h2,4-5,12-14,17,20H,3,6-11H2,1H3.